The van der Waals surface area contributed by atoms with Crippen molar-refractivity contribution in [1.82, 2.24) is 0 Å². The molecule has 1 N–H and O–H groups in total. The molecule has 0 atom stereocenters. The lowest BCUT2D eigenvalue weighted by atomic mass is 10.1. The summed E-state index contributed by atoms with van der Waals surface area (Å²) in [4.78, 5) is 21.5. The van der Waals surface area contributed by atoms with E-state index < -0.39 is 11.6 Å². The quantitative estimate of drug-likeness (QED) is 0.631. The molecule has 0 aliphatic carbocycles. The Morgan fingerprint density at radius 1 is 1.58 bits per heavy atom. The van der Waals surface area contributed by atoms with Crippen LogP contribution in [0.3, 0.4) is 0 Å². The molecule has 0 bridgehead atoms. The summed E-state index contributed by atoms with van der Waals surface area (Å²) < 4.78 is 4.33. The van der Waals surface area contributed by atoms with Crippen LogP contribution in [0.2, 0.25) is 0 Å². The Labute approximate surface area is 68.4 Å². The lowest BCUT2D eigenvalue weighted by Crippen LogP contribution is -2.04. The summed E-state index contributed by atoms with van der Waals surface area (Å²) in [6, 6.07) is 1.16. The lowest BCUT2D eigenvalue weighted by Gasteiger charge is -2.00. The Hall–Kier alpha value is -1.58. The Kier molecular flexibility index (Phi) is 1.99. The molecule has 0 radical (unpaired) electrons. The summed E-state index contributed by atoms with van der Waals surface area (Å²) in [7, 11) is 0. The van der Waals surface area contributed by atoms with Crippen LogP contribution in [0.4, 0.5) is 0 Å². The normalized spacial score (nSPS) is 9.83. The topological polar surface area (TPSA) is 67.5 Å². The molecule has 0 saturated carbocycles. The number of aromatic hydroxyl groups is 1. The average Bonchev–Trinajstić information content (AvgIpc) is 1.82. The highest BCUT2D eigenvalue weighted by atomic mass is 16.5. The maximum Gasteiger partial charge on any atom is 0.338 e. The Balaban J connectivity index is 3.48. The number of Topliss-reactive ketones (excluding diaryl/α,β-unsaturated/α-hetero) is 1. The van der Waals surface area contributed by atoms with Gasteiger partial charge in [-0.25, -0.2) is 4.79 Å². The molecule has 1 aromatic rings. The van der Waals surface area contributed by atoms with Crippen LogP contribution >= 0.6 is 0 Å². The first-order valence-electron chi connectivity index (χ1n) is 3.37. The predicted octanol–water partition coefficient (Wildman–Crippen LogP) is 0.856. The van der Waals surface area contributed by atoms with Crippen molar-refractivity contribution in [3.05, 3.63) is 27.6 Å². The van der Waals surface area contributed by atoms with Crippen molar-refractivity contribution in [3.63, 3.8) is 0 Å². The van der Waals surface area contributed by atoms with Crippen molar-refractivity contribution in [3.8, 4) is 5.95 Å². The van der Waals surface area contributed by atoms with E-state index in [1.54, 1.807) is 6.92 Å². The van der Waals surface area contributed by atoms with Crippen molar-refractivity contribution < 1.29 is 14.3 Å². The van der Waals surface area contributed by atoms with Crippen LogP contribution in [0, 0.1) is 6.92 Å². The Morgan fingerprint density at radius 2 is 2.17 bits per heavy atom. The van der Waals surface area contributed by atoms with E-state index in [-0.39, 0.29) is 11.3 Å². The standard InChI is InChI=1S/C8H8O4/c1-4-3-6(10)12-8(11)7(4)5(2)9/h3,11H,1-2H3. The van der Waals surface area contributed by atoms with Crippen molar-refractivity contribution in [2.45, 2.75) is 13.8 Å². The minimum Gasteiger partial charge on any atom is -0.480 e. The van der Waals surface area contributed by atoms with Gasteiger partial charge in [0.15, 0.2) is 5.78 Å². The van der Waals surface area contributed by atoms with Gasteiger partial charge in [-0.1, -0.05) is 0 Å². The summed E-state index contributed by atoms with van der Waals surface area (Å²) in [6.45, 7) is 2.86. The van der Waals surface area contributed by atoms with Crippen molar-refractivity contribution in [2.24, 2.45) is 0 Å². The summed E-state index contributed by atoms with van der Waals surface area (Å²) in [5.74, 6) is -0.929. The molecular formula is C8H8O4. The van der Waals surface area contributed by atoms with E-state index in [1.165, 1.54) is 6.92 Å². The molecule has 0 aromatic carbocycles. The zero-order valence-electron chi connectivity index (χ0n) is 6.75. The van der Waals surface area contributed by atoms with E-state index in [9.17, 15) is 9.59 Å². The summed E-state index contributed by atoms with van der Waals surface area (Å²) in [6.07, 6.45) is 0. The maximum atomic E-state index is 10.9. The molecule has 0 aliphatic rings. The highest BCUT2D eigenvalue weighted by Gasteiger charge is 2.12. The monoisotopic (exact) mass is 168 g/mol. The Morgan fingerprint density at radius 3 is 2.58 bits per heavy atom. The van der Waals surface area contributed by atoms with Crippen LogP contribution < -0.4 is 5.63 Å². The Bertz CT molecular complexity index is 349. The van der Waals surface area contributed by atoms with Crippen LogP contribution in [-0.4, -0.2) is 10.9 Å². The summed E-state index contributed by atoms with van der Waals surface area (Å²) in [5, 5.41) is 9.06. The van der Waals surface area contributed by atoms with E-state index in [0.717, 1.165) is 6.07 Å². The molecular weight excluding hydrogens is 160 g/mol. The second-order valence-electron chi connectivity index (χ2n) is 2.48. The van der Waals surface area contributed by atoms with Crippen LogP contribution in [0.5, 0.6) is 5.95 Å². The lowest BCUT2D eigenvalue weighted by molar-refractivity contribution is 0.100. The van der Waals surface area contributed by atoms with Gasteiger partial charge in [0.1, 0.15) is 5.56 Å². The molecule has 1 aromatic heterocycles. The highest BCUT2D eigenvalue weighted by molar-refractivity contribution is 5.97. The molecule has 64 valence electrons. The number of carbonyl (C=O) groups is 1. The molecule has 0 saturated heterocycles. The minimum atomic E-state index is -0.657. The van der Waals surface area contributed by atoms with E-state index in [4.69, 9.17) is 5.11 Å². The second kappa shape index (κ2) is 2.81. The van der Waals surface area contributed by atoms with Gasteiger partial charge in [-0.2, -0.15) is 0 Å². The van der Waals surface area contributed by atoms with Gasteiger partial charge >= 0.3 is 5.63 Å². The SMILES string of the molecule is CC(=O)c1c(C)cc(=O)oc1O. The molecule has 0 spiro atoms. The van der Waals surface area contributed by atoms with Gasteiger partial charge in [0.05, 0.1) is 0 Å². The molecule has 1 rings (SSSR count). The third-order valence-electron chi connectivity index (χ3n) is 1.49. The number of aryl methyl sites for hydroxylation is 1. The fourth-order valence-corrected chi connectivity index (χ4v) is 1.02. The van der Waals surface area contributed by atoms with E-state index in [2.05, 4.69) is 4.42 Å². The van der Waals surface area contributed by atoms with Gasteiger partial charge in [0.25, 0.3) is 5.95 Å². The molecule has 1 heterocycles. The molecule has 4 heteroatoms. The first kappa shape index (κ1) is 8.52. The summed E-state index contributed by atoms with van der Waals surface area (Å²) in [5.41, 5.74) is -0.166. The fourth-order valence-electron chi connectivity index (χ4n) is 1.02. The number of hydrogen-bond acceptors (Lipinski definition) is 4. The van der Waals surface area contributed by atoms with Crippen LogP contribution in [0.25, 0.3) is 0 Å². The average molecular weight is 168 g/mol. The second-order valence-corrected chi connectivity index (χ2v) is 2.48. The van der Waals surface area contributed by atoms with Crippen LogP contribution in [-0.2, 0) is 0 Å². The number of carbonyl (C=O) groups excluding carboxylic acids is 1. The predicted molar refractivity (Wildman–Crippen MR) is 41.4 cm³/mol. The smallest absolute Gasteiger partial charge is 0.338 e. The van der Waals surface area contributed by atoms with Gasteiger partial charge in [-0.05, 0) is 19.4 Å². The number of rotatable bonds is 1. The molecule has 0 fully saturated rings. The van der Waals surface area contributed by atoms with Gasteiger partial charge in [-0.15, -0.1) is 0 Å². The van der Waals surface area contributed by atoms with Crippen molar-refractivity contribution in [2.75, 3.05) is 0 Å². The van der Waals surface area contributed by atoms with Crippen molar-refractivity contribution >= 4 is 5.78 Å². The zero-order chi connectivity index (χ0) is 9.30. The van der Waals surface area contributed by atoms with E-state index >= 15 is 0 Å². The first-order valence-corrected chi connectivity index (χ1v) is 3.37. The first-order chi connectivity index (χ1) is 5.52. The van der Waals surface area contributed by atoms with Gasteiger partial charge in [0.2, 0.25) is 0 Å². The van der Waals surface area contributed by atoms with Gasteiger partial charge in [0, 0.05) is 6.07 Å². The zero-order valence-corrected chi connectivity index (χ0v) is 6.75. The fraction of sp³-hybridized carbons (Fsp3) is 0.250. The minimum absolute atomic E-state index is 0.0644. The highest BCUT2D eigenvalue weighted by Crippen LogP contribution is 2.17. The maximum absolute atomic E-state index is 10.9. The molecule has 12 heavy (non-hydrogen) atoms. The van der Waals surface area contributed by atoms with E-state index in [1.807, 2.05) is 0 Å². The van der Waals surface area contributed by atoms with Crippen LogP contribution in [0.1, 0.15) is 22.8 Å². The molecule has 0 amide bonds. The van der Waals surface area contributed by atoms with Crippen LogP contribution in [0.15, 0.2) is 15.3 Å². The van der Waals surface area contributed by atoms with E-state index in [0.29, 0.717) is 5.56 Å². The molecule has 0 unspecified atom stereocenters. The number of ketones is 1. The largest absolute Gasteiger partial charge is 0.480 e. The third kappa shape index (κ3) is 1.37. The summed E-state index contributed by atoms with van der Waals surface area (Å²) >= 11 is 0. The molecule has 0 aliphatic heterocycles. The third-order valence-corrected chi connectivity index (χ3v) is 1.49. The van der Waals surface area contributed by atoms with Crippen molar-refractivity contribution in [1.29, 1.82) is 0 Å². The van der Waals surface area contributed by atoms with Gasteiger partial charge < -0.3 is 9.52 Å². The molecule has 4 nitrogen and oxygen atoms in total. The van der Waals surface area contributed by atoms with Gasteiger partial charge in [-0.3, -0.25) is 4.79 Å². The number of hydrogen-bond donors (Lipinski definition) is 1.